The van der Waals surface area contributed by atoms with Gasteiger partial charge < -0.3 is 10.4 Å². The molecule has 0 saturated carbocycles. The van der Waals surface area contributed by atoms with E-state index in [0.717, 1.165) is 16.5 Å². The lowest BCUT2D eigenvalue weighted by Gasteiger charge is -2.19. The zero-order valence-corrected chi connectivity index (χ0v) is 11.3. The van der Waals surface area contributed by atoms with E-state index in [2.05, 4.69) is 5.32 Å². The highest BCUT2D eigenvalue weighted by Crippen LogP contribution is 2.24. The molecule has 0 saturated heterocycles. The molecule has 2 N–H and O–H groups in total. The number of hydrogen-bond donors (Lipinski definition) is 2. The fourth-order valence-electron chi connectivity index (χ4n) is 2.23. The zero-order chi connectivity index (χ0) is 13.8. The molecule has 3 nitrogen and oxygen atoms in total. The van der Waals surface area contributed by atoms with Crippen LogP contribution in [0.15, 0.2) is 42.5 Å². The van der Waals surface area contributed by atoms with Gasteiger partial charge in [0.2, 0.25) is 0 Å². The first-order chi connectivity index (χ1) is 9.08. The second kappa shape index (κ2) is 5.74. The number of nitrogens with one attached hydrogen (secondary N) is 1. The topological polar surface area (TPSA) is 49.3 Å². The average Bonchev–Trinajstić information content (AvgIpc) is 2.37. The first-order valence-electron chi connectivity index (χ1n) is 6.55. The molecule has 2 aromatic carbocycles. The summed E-state index contributed by atoms with van der Waals surface area (Å²) in [5, 5.41) is 14.6. The Morgan fingerprint density at radius 2 is 1.84 bits per heavy atom. The maximum Gasteiger partial charge on any atom is 0.326 e. The standard InChI is InChI=1S/C16H19NO2/c1-11(2)10-15(16(18)19)17-14-9-5-7-12-6-3-4-8-13(12)14/h3-9,11,15,17H,10H2,1-2H3,(H,18,19). The molecule has 0 spiro atoms. The van der Waals surface area contributed by atoms with Crippen molar-refractivity contribution in [1.29, 1.82) is 0 Å². The summed E-state index contributed by atoms with van der Waals surface area (Å²) in [6.45, 7) is 4.06. The van der Waals surface area contributed by atoms with Crippen molar-refractivity contribution in [2.24, 2.45) is 5.92 Å². The Morgan fingerprint density at radius 3 is 2.53 bits per heavy atom. The third kappa shape index (κ3) is 3.25. The molecular formula is C16H19NO2. The van der Waals surface area contributed by atoms with Crippen LogP contribution in [0.25, 0.3) is 10.8 Å². The van der Waals surface area contributed by atoms with Crippen molar-refractivity contribution < 1.29 is 9.90 Å². The van der Waals surface area contributed by atoms with E-state index in [1.54, 1.807) is 0 Å². The van der Waals surface area contributed by atoms with Crippen LogP contribution < -0.4 is 5.32 Å². The molecule has 19 heavy (non-hydrogen) atoms. The summed E-state index contributed by atoms with van der Waals surface area (Å²) in [7, 11) is 0. The highest BCUT2D eigenvalue weighted by molar-refractivity contribution is 5.95. The Hall–Kier alpha value is -2.03. The van der Waals surface area contributed by atoms with Crippen LogP contribution in [-0.2, 0) is 4.79 Å². The lowest BCUT2D eigenvalue weighted by molar-refractivity contribution is -0.138. The van der Waals surface area contributed by atoms with Gasteiger partial charge >= 0.3 is 5.97 Å². The molecule has 0 aliphatic heterocycles. The van der Waals surface area contributed by atoms with Crippen molar-refractivity contribution >= 4 is 22.4 Å². The summed E-state index contributed by atoms with van der Waals surface area (Å²) in [6.07, 6.45) is 0.610. The van der Waals surface area contributed by atoms with E-state index < -0.39 is 12.0 Å². The van der Waals surface area contributed by atoms with Crippen LogP contribution >= 0.6 is 0 Å². The summed E-state index contributed by atoms with van der Waals surface area (Å²) in [5.41, 5.74) is 0.881. The minimum Gasteiger partial charge on any atom is -0.480 e. The van der Waals surface area contributed by atoms with Crippen LogP contribution in [-0.4, -0.2) is 17.1 Å². The minimum absolute atomic E-state index is 0.337. The Kier molecular flexibility index (Phi) is 4.05. The average molecular weight is 257 g/mol. The number of anilines is 1. The van der Waals surface area contributed by atoms with Gasteiger partial charge in [0.1, 0.15) is 6.04 Å². The Bertz CT molecular complexity index is 572. The van der Waals surface area contributed by atoms with E-state index >= 15 is 0 Å². The van der Waals surface area contributed by atoms with Gasteiger partial charge in [-0.15, -0.1) is 0 Å². The normalized spacial score (nSPS) is 12.6. The molecule has 0 heterocycles. The third-order valence-electron chi connectivity index (χ3n) is 3.12. The molecule has 2 rings (SSSR count). The number of hydrogen-bond acceptors (Lipinski definition) is 2. The number of benzene rings is 2. The van der Waals surface area contributed by atoms with E-state index in [0.29, 0.717) is 12.3 Å². The molecule has 0 bridgehead atoms. The van der Waals surface area contributed by atoms with E-state index in [1.807, 2.05) is 56.3 Å². The number of carboxylic acid groups (broad SMARTS) is 1. The summed E-state index contributed by atoms with van der Waals surface area (Å²) in [6, 6.07) is 13.3. The molecule has 0 fully saturated rings. The second-order valence-corrected chi connectivity index (χ2v) is 5.19. The van der Waals surface area contributed by atoms with Crippen LogP contribution in [0.2, 0.25) is 0 Å². The van der Waals surface area contributed by atoms with Gasteiger partial charge in [0, 0.05) is 11.1 Å². The molecule has 1 atom stereocenters. The van der Waals surface area contributed by atoms with Gasteiger partial charge in [0.25, 0.3) is 0 Å². The van der Waals surface area contributed by atoms with Gasteiger partial charge in [-0.05, 0) is 23.8 Å². The molecule has 0 radical (unpaired) electrons. The maximum absolute atomic E-state index is 11.3. The molecule has 3 heteroatoms. The van der Waals surface area contributed by atoms with Crippen LogP contribution in [0, 0.1) is 5.92 Å². The summed E-state index contributed by atoms with van der Waals surface area (Å²) in [4.78, 5) is 11.3. The largest absolute Gasteiger partial charge is 0.480 e. The Balaban J connectivity index is 2.31. The third-order valence-corrected chi connectivity index (χ3v) is 3.12. The quantitative estimate of drug-likeness (QED) is 0.857. The highest BCUT2D eigenvalue weighted by Gasteiger charge is 2.19. The maximum atomic E-state index is 11.3. The van der Waals surface area contributed by atoms with Crippen molar-refractivity contribution in [3.05, 3.63) is 42.5 Å². The Morgan fingerprint density at radius 1 is 1.16 bits per heavy atom. The molecule has 1 unspecified atom stereocenters. The number of rotatable bonds is 5. The number of carbonyl (C=O) groups is 1. The monoisotopic (exact) mass is 257 g/mol. The van der Waals surface area contributed by atoms with Crippen LogP contribution in [0.3, 0.4) is 0 Å². The zero-order valence-electron chi connectivity index (χ0n) is 11.3. The highest BCUT2D eigenvalue weighted by atomic mass is 16.4. The predicted octanol–water partition coefficient (Wildman–Crippen LogP) is 3.75. The fraction of sp³-hybridized carbons (Fsp3) is 0.312. The van der Waals surface area contributed by atoms with Crippen molar-refractivity contribution in [2.75, 3.05) is 5.32 Å². The lowest BCUT2D eigenvalue weighted by atomic mass is 10.0. The summed E-state index contributed by atoms with van der Waals surface area (Å²) >= 11 is 0. The van der Waals surface area contributed by atoms with Crippen molar-refractivity contribution in [3.63, 3.8) is 0 Å². The molecule has 0 aliphatic rings. The van der Waals surface area contributed by atoms with E-state index in [1.165, 1.54) is 0 Å². The summed E-state index contributed by atoms with van der Waals surface area (Å²) < 4.78 is 0. The van der Waals surface area contributed by atoms with Gasteiger partial charge in [-0.1, -0.05) is 50.2 Å². The SMILES string of the molecule is CC(C)CC(Nc1cccc2ccccc12)C(=O)O. The van der Waals surface area contributed by atoms with Crippen LogP contribution in [0.4, 0.5) is 5.69 Å². The predicted molar refractivity (Wildman–Crippen MR) is 78.4 cm³/mol. The minimum atomic E-state index is -0.804. The fourth-order valence-corrected chi connectivity index (χ4v) is 2.23. The number of carboxylic acids is 1. The van der Waals surface area contributed by atoms with Gasteiger partial charge in [0.15, 0.2) is 0 Å². The number of fused-ring (bicyclic) bond motifs is 1. The van der Waals surface area contributed by atoms with E-state index in [-0.39, 0.29) is 0 Å². The van der Waals surface area contributed by atoms with Crippen LogP contribution in [0.1, 0.15) is 20.3 Å². The molecule has 0 aromatic heterocycles. The summed E-state index contributed by atoms with van der Waals surface area (Å²) in [5.74, 6) is -0.467. The van der Waals surface area contributed by atoms with Gasteiger partial charge in [-0.25, -0.2) is 4.79 Å². The smallest absolute Gasteiger partial charge is 0.326 e. The van der Waals surface area contributed by atoms with E-state index in [9.17, 15) is 9.90 Å². The van der Waals surface area contributed by atoms with Crippen molar-refractivity contribution in [1.82, 2.24) is 0 Å². The molecule has 100 valence electrons. The molecule has 0 aliphatic carbocycles. The molecule has 2 aromatic rings. The van der Waals surface area contributed by atoms with Crippen molar-refractivity contribution in [3.8, 4) is 0 Å². The first-order valence-corrected chi connectivity index (χ1v) is 6.55. The molecule has 0 amide bonds. The van der Waals surface area contributed by atoms with Crippen molar-refractivity contribution in [2.45, 2.75) is 26.3 Å². The Labute approximate surface area is 113 Å². The van der Waals surface area contributed by atoms with Crippen LogP contribution in [0.5, 0.6) is 0 Å². The first kappa shape index (κ1) is 13.4. The molecular weight excluding hydrogens is 238 g/mol. The number of aliphatic carboxylic acids is 1. The second-order valence-electron chi connectivity index (χ2n) is 5.19. The van der Waals surface area contributed by atoms with E-state index in [4.69, 9.17) is 0 Å². The van der Waals surface area contributed by atoms with Gasteiger partial charge in [-0.3, -0.25) is 0 Å². The lowest BCUT2D eigenvalue weighted by Crippen LogP contribution is -2.30. The van der Waals surface area contributed by atoms with Gasteiger partial charge in [0.05, 0.1) is 0 Å². The van der Waals surface area contributed by atoms with Gasteiger partial charge in [-0.2, -0.15) is 0 Å².